The summed E-state index contributed by atoms with van der Waals surface area (Å²) in [5.41, 5.74) is 0.416. The summed E-state index contributed by atoms with van der Waals surface area (Å²) in [6.45, 7) is 3.63. The van der Waals surface area contributed by atoms with Crippen LogP contribution in [0.4, 0.5) is 0 Å². The molecular formula is C13H20ClNO2. The third-order valence-corrected chi connectivity index (χ3v) is 2.84. The van der Waals surface area contributed by atoms with Crippen LogP contribution in [0.2, 0.25) is 5.02 Å². The van der Waals surface area contributed by atoms with Gasteiger partial charge in [-0.1, -0.05) is 23.7 Å². The van der Waals surface area contributed by atoms with Crippen molar-refractivity contribution in [1.82, 2.24) is 5.32 Å². The molecule has 96 valence electrons. The van der Waals surface area contributed by atoms with Gasteiger partial charge in [0.15, 0.2) is 0 Å². The minimum Gasteiger partial charge on any atom is -0.389 e. The highest BCUT2D eigenvalue weighted by Crippen LogP contribution is 2.10. The second kappa shape index (κ2) is 6.97. The Morgan fingerprint density at radius 2 is 2.00 bits per heavy atom. The van der Waals surface area contributed by atoms with E-state index in [1.807, 2.05) is 24.3 Å². The van der Waals surface area contributed by atoms with Crippen LogP contribution in [0, 0.1) is 0 Å². The van der Waals surface area contributed by atoms with Crippen LogP contribution in [0.15, 0.2) is 24.3 Å². The van der Waals surface area contributed by atoms with Gasteiger partial charge in [-0.15, -0.1) is 0 Å². The van der Waals surface area contributed by atoms with Gasteiger partial charge in [0.2, 0.25) is 0 Å². The highest BCUT2D eigenvalue weighted by atomic mass is 35.5. The fourth-order valence-corrected chi connectivity index (χ4v) is 1.61. The number of rotatable bonds is 7. The Hall–Kier alpha value is -0.610. The lowest BCUT2D eigenvalue weighted by Crippen LogP contribution is -2.38. The van der Waals surface area contributed by atoms with Crippen LogP contribution in [0.5, 0.6) is 0 Å². The van der Waals surface area contributed by atoms with Crippen LogP contribution in [-0.4, -0.2) is 31.0 Å². The zero-order chi connectivity index (χ0) is 12.7. The second-order valence-corrected chi connectivity index (χ2v) is 4.91. The second-order valence-electron chi connectivity index (χ2n) is 4.47. The van der Waals surface area contributed by atoms with E-state index >= 15 is 0 Å². The maximum absolute atomic E-state index is 10.0. The van der Waals surface area contributed by atoms with Gasteiger partial charge in [-0.05, 0) is 24.6 Å². The van der Waals surface area contributed by atoms with E-state index in [1.165, 1.54) is 0 Å². The van der Waals surface area contributed by atoms with Gasteiger partial charge in [0.1, 0.15) is 0 Å². The van der Waals surface area contributed by atoms with Crippen LogP contribution in [-0.2, 0) is 11.3 Å². The maximum atomic E-state index is 10.0. The number of hydrogen-bond donors (Lipinski definition) is 2. The Morgan fingerprint density at radius 1 is 1.35 bits per heavy atom. The van der Waals surface area contributed by atoms with Gasteiger partial charge in [0.05, 0.1) is 5.60 Å². The number of nitrogens with one attached hydrogen (secondary N) is 1. The Morgan fingerprint density at radius 3 is 2.59 bits per heavy atom. The molecule has 2 N–H and O–H groups in total. The van der Waals surface area contributed by atoms with E-state index < -0.39 is 5.60 Å². The maximum Gasteiger partial charge on any atom is 0.0765 e. The standard InChI is InChI=1S/C13H20ClNO2/c1-13(16,7-8-17-2)10-15-9-11-3-5-12(14)6-4-11/h3-6,15-16H,7-10H2,1-2H3. The fraction of sp³-hybridized carbons (Fsp3) is 0.538. The molecule has 4 heteroatoms. The van der Waals surface area contributed by atoms with Crippen molar-refractivity contribution in [3.8, 4) is 0 Å². The van der Waals surface area contributed by atoms with Crippen LogP contribution >= 0.6 is 11.6 Å². The van der Waals surface area contributed by atoms with Gasteiger partial charge in [-0.25, -0.2) is 0 Å². The quantitative estimate of drug-likeness (QED) is 0.787. The molecule has 0 bridgehead atoms. The number of hydrogen-bond acceptors (Lipinski definition) is 3. The van der Waals surface area contributed by atoms with Crippen molar-refractivity contribution in [1.29, 1.82) is 0 Å². The van der Waals surface area contributed by atoms with Crippen molar-refractivity contribution in [3.63, 3.8) is 0 Å². The fourth-order valence-electron chi connectivity index (χ4n) is 1.49. The molecule has 0 aromatic heterocycles. The first-order valence-electron chi connectivity index (χ1n) is 5.70. The van der Waals surface area contributed by atoms with Gasteiger partial charge < -0.3 is 15.2 Å². The van der Waals surface area contributed by atoms with Gasteiger partial charge in [0, 0.05) is 38.2 Å². The Balaban J connectivity index is 2.29. The van der Waals surface area contributed by atoms with E-state index in [2.05, 4.69) is 5.32 Å². The first kappa shape index (κ1) is 14.5. The monoisotopic (exact) mass is 257 g/mol. The number of methoxy groups -OCH3 is 1. The third kappa shape index (κ3) is 6.03. The van der Waals surface area contributed by atoms with Crippen molar-refractivity contribution in [2.24, 2.45) is 0 Å². The molecule has 0 aliphatic carbocycles. The summed E-state index contributed by atoms with van der Waals surface area (Å²) in [5, 5.41) is 14.0. The van der Waals surface area contributed by atoms with Crippen molar-refractivity contribution >= 4 is 11.6 Å². The predicted molar refractivity (Wildman–Crippen MR) is 70.3 cm³/mol. The lowest BCUT2D eigenvalue weighted by Gasteiger charge is -2.23. The summed E-state index contributed by atoms with van der Waals surface area (Å²) in [7, 11) is 1.64. The van der Waals surface area contributed by atoms with E-state index in [0.717, 1.165) is 17.1 Å². The molecule has 1 aromatic carbocycles. The molecule has 0 aliphatic heterocycles. The zero-order valence-electron chi connectivity index (χ0n) is 10.4. The van der Waals surface area contributed by atoms with Gasteiger partial charge >= 0.3 is 0 Å². The summed E-state index contributed by atoms with van der Waals surface area (Å²) in [6, 6.07) is 7.67. The molecule has 0 spiro atoms. The molecule has 1 rings (SSSR count). The molecule has 0 aliphatic rings. The highest BCUT2D eigenvalue weighted by Gasteiger charge is 2.18. The molecule has 0 saturated carbocycles. The van der Waals surface area contributed by atoms with Gasteiger partial charge in [-0.2, -0.15) is 0 Å². The Kier molecular flexibility index (Phi) is 5.92. The van der Waals surface area contributed by atoms with Crippen LogP contribution < -0.4 is 5.32 Å². The number of halogens is 1. The molecule has 17 heavy (non-hydrogen) atoms. The van der Waals surface area contributed by atoms with E-state index in [-0.39, 0.29) is 0 Å². The lowest BCUT2D eigenvalue weighted by atomic mass is 10.0. The normalized spacial score (nSPS) is 14.6. The number of ether oxygens (including phenoxy) is 1. The average molecular weight is 258 g/mol. The predicted octanol–water partition coefficient (Wildman–Crippen LogP) is 2.22. The molecule has 3 nitrogen and oxygen atoms in total. The summed E-state index contributed by atoms with van der Waals surface area (Å²) < 4.78 is 4.95. The SMILES string of the molecule is COCCC(C)(O)CNCc1ccc(Cl)cc1. The molecule has 0 fully saturated rings. The summed E-state index contributed by atoms with van der Waals surface area (Å²) in [4.78, 5) is 0. The smallest absolute Gasteiger partial charge is 0.0765 e. The minimum atomic E-state index is -0.734. The average Bonchev–Trinajstić information content (AvgIpc) is 2.29. The van der Waals surface area contributed by atoms with E-state index in [0.29, 0.717) is 19.6 Å². The van der Waals surface area contributed by atoms with Crippen molar-refractivity contribution in [3.05, 3.63) is 34.9 Å². The van der Waals surface area contributed by atoms with Crippen molar-refractivity contribution < 1.29 is 9.84 Å². The Labute approximate surface area is 108 Å². The first-order chi connectivity index (χ1) is 8.03. The Bertz CT molecular complexity index is 325. The third-order valence-electron chi connectivity index (χ3n) is 2.59. The molecular weight excluding hydrogens is 238 g/mol. The van der Waals surface area contributed by atoms with E-state index in [4.69, 9.17) is 16.3 Å². The summed E-state index contributed by atoms with van der Waals surface area (Å²) in [6.07, 6.45) is 0.622. The number of benzene rings is 1. The summed E-state index contributed by atoms with van der Waals surface area (Å²) in [5.74, 6) is 0. The summed E-state index contributed by atoms with van der Waals surface area (Å²) >= 11 is 5.80. The largest absolute Gasteiger partial charge is 0.389 e. The minimum absolute atomic E-state index is 0.541. The first-order valence-corrected chi connectivity index (χ1v) is 6.08. The molecule has 1 aromatic rings. The zero-order valence-corrected chi connectivity index (χ0v) is 11.1. The molecule has 1 atom stereocenters. The topological polar surface area (TPSA) is 41.5 Å². The number of aliphatic hydroxyl groups is 1. The highest BCUT2D eigenvalue weighted by molar-refractivity contribution is 6.30. The molecule has 0 heterocycles. The van der Waals surface area contributed by atoms with Gasteiger partial charge in [0.25, 0.3) is 0 Å². The van der Waals surface area contributed by atoms with E-state index in [9.17, 15) is 5.11 Å². The van der Waals surface area contributed by atoms with E-state index in [1.54, 1.807) is 14.0 Å². The van der Waals surface area contributed by atoms with Crippen LogP contribution in [0.1, 0.15) is 18.9 Å². The molecule has 0 saturated heterocycles. The van der Waals surface area contributed by atoms with Gasteiger partial charge in [-0.3, -0.25) is 0 Å². The molecule has 0 radical (unpaired) electrons. The molecule has 1 unspecified atom stereocenters. The molecule has 0 amide bonds. The lowest BCUT2D eigenvalue weighted by molar-refractivity contribution is 0.0247. The van der Waals surface area contributed by atoms with Crippen LogP contribution in [0.25, 0.3) is 0 Å². The van der Waals surface area contributed by atoms with Crippen molar-refractivity contribution in [2.75, 3.05) is 20.3 Å². The van der Waals surface area contributed by atoms with Crippen LogP contribution in [0.3, 0.4) is 0 Å². The van der Waals surface area contributed by atoms with Crippen molar-refractivity contribution in [2.45, 2.75) is 25.5 Å².